The Balaban J connectivity index is 1.48. The molecule has 2 aromatic heterocycles. The van der Waals surface area contributed by atoms with Gasteiger partial charge in [-0.25, -0.2) is 9.78 Å². The number of ether oxygens (including phenoxy) is 1. The SMILES string of the molecule is COC(=O)c1sc(-c2ccc(-c3nc4c(N)cccc4o3)cc2)cc1N(C(=O)[C@H]1CC[C@H](C)CC1)C(C)C. The highest BCUT2D eigenvalue weighted by Crippen LogP contribution is 2.41. The van der Waals surface area contributed by atoms with Crippen molar-refractivity contribution in [3.05, 3.63) is 53.4 Å². The first-order valence-corrected chi connectivity index (χ1v) is 13.9. The Bertz CT molecular complexity index is 1460. The molecule has 1 saturated carbocycles. The van der Waals surface area contributed by atoms with Crippen LogP contribution >= 0.6 is 11.3 Å². The highest BCUT2D eigenvalue weighted by Gasteiger charge is 2.33. The monoisotopic (exact) mass is 531 g/mol. The number of hydrogen-bond acceptors (Lipinski definition) is 7. The number of nitrogens with zero attached hydrogens (tertiary/aromatic N) is 2. The van der Waals surface area contributed by atoms with Crippen LogP contribution in [0.2, 0.25) is 0 Å². The van der Waals surface area contributed by atoms with Gasteiger partial charge in [-0.1, -0.05) is 25.1 Å². The number of carbonyl (C=O) groups excluding carboxylic acids is 2. The van der Waals surface area contributed by atoms with E-state index in [0.717, 1.165) is 41.7 Å². The molecule has 1 amide bonds. The lowest BCUT2D eigenvalue weighted by Crippen LogP contribution is -2.42. The maximum absolute atomic E-state index is 13.7. The van der Waals surface area contributed by atoms with Gasteiger partial charge in [0.25, 0.3) is 0 Å². The van der Waals surface area contributed by atoms with Gasteiger partial charge in [0, 0.05) is 22.4 Å². The van der Waals surface area contributed by atoms with Crippen LogP contribution in [-0.4, -0.2) is 30.0 Å². The minimum atomic E-state index is -0.437. The minimum Gasteiger partial charge on any atom is -0.465 e. The Kier molecular flexibility index (Phi) is 7.25. The number of amides is 1. The molecule has 38 heavy (non-hydrogen) atoms. The van der Waals surface area contributed by atoms with Crippen LogP contribution in [0, 0.1) is 11.8 Å². The van der Waals surface area contributed by atoms with Crippen LogP contribution in [0.4, 0.5) is 11.4 Å². The number of thiophene rings is 1. The lowest BCUT2D eigenvalue weighted by atomic mass is 9.82. The standard InChI is InChI=1S/C30H33N3O4S/c1-17(2)33(29(34)21-10-8-18(3)9-11-21)23-16-25(38-27(23)30(35)36-4)19-12-14-20(15-13-19)28-32-26-22(31)6-5-7-24(26)37-28/h5-7,12-18,21H,8-11,31H2,1-4H3/t18-,21-. The Hall–Kier alpha value is -3.65. The van der Waals surface area contributed by atoms with Crippen LogP contribution in [0.5, 0.6) is 0 Å². The van der Waals surface area contributed by atoms with Gasteiger partial charge in [0.1, 0.15) is 10.4 Å². The molecule has 8 heteroatoms. The molecule has 0 unspecified atom stereocenters. The van der Waals surface area contributed by atoms with Crippen molar-refractivity contribution in [3.8, 4) is 21.9 Å². The number of hydrogen-bond donors (Lipinski definition) is 1. The van der Waals surface area contributed by atoms with Gasteiger partial charge >= 0.3 is 5.97 Å². The molecule has 0 atom stereocenters. The highest BCUT2D eigenvalue weighted by atomic mass is 32.1. The molecule has 1 fully saturated rings. The molecule has 4 aromatic rings. The van der Waals surface area contributed by atoms with Crippen LogP contribution in [0.25, 0.3) is 33.0 Å². The van der Waals surface area contributed by atoms with E-state index in [2.05, 4.69) is 11.9 Å². The lowest BCUT2D eigenvalue weighted by molar-refractivity contribution is -0.123. The molecule has 7 nitrogen and oxygen atoms in total. The molecule has 2 N–H and O–H groups in total. The van der Waals surface area contributed by atoms with Gasteiger partial charge in [0.05, 0.1) is 18.5 Å². The third-order valence-corrected chi connectivity index (χ3v) is 8.48. The number of oxazole rings is 1. The molecule has 1 aliphatic carbocycles. The number of aromatic nitrogens is 1. The van der Waals surface area contributed by atoms with Crippen molar-refractivity contribution in [2.24, 2.45) is 11.8 Å². The third-order valence-electron chi connectivity index (χ3n) is 7.33. The van der Waals surface area contributed by atoms with Crippen LogP contribution in [0.15, 0.2) is 52.9 Å². The Morgan fingerprint density at radius 2 is 1.76 bits per heavy atom. The van der Waals surface area contributed by atoms with Crippen LogP contribution in [0.1, 0.15) is 56.1 Å². The highest BCUT2D eigenvalue weighted by molar-refractivity contribution is 7.18. The molecule has 1 aliphatic rings. The summed E-state index contributed by atoms with van der Waals surface area (Å²) in [6.45, 7) is 6.22. The van der Waals surface area contributed by atoms with Gasteiger partial charge in [-0.3, -0.25) is 4.79 Å². The summed E-state index contributed by atoms with van der Waals surface area (Å²) in [5, 5.41) is 0. The quantitative estimate of drug-likeness (QED) is 0.209. The predicted molar refractivity (Wildman–Crippen MR) is 152 cm³/mol. The van der Waals surface area contributed by atoms with E-state index < -0.39 is 5.97 Å². The molecule has 0 radical (unpaired) electrons. The van der Waals surface area contributed by atoms with E-state index in [-0.39, 0.29) is 17.9 Å². The van der Waals surface area contributed by atoms with E-state index in [4.69, 9.17) is 14.9 Å². The summed E-state index contributed by atoms with van der Waals surface area (Å²) in [5.41, 5.74) is 10.2. The van der Waals surface area contributed by atoms with Crippen molar-refractivity contribution in [1.29, 1.82) is 0 Å². The number of esters is 1. The number of para-hydroxylation sites is 1. The van der Waals surface area contributed by atoms with Gasteiger partial charge < -0.3 is 19.8 Å². The fourth-order valence-electron chi connectivity index (χ4n) is 5.17. The van der Waals surface area contributed by atoms with Gasteiger partial charge in [-0.2, -0.15) is 0 Å². The normalized spacial score (nSPS) is 17.6. The topological polar surface area (TPSA) is 98.7 Å². The number of nitrogen functional groups attached to an aromatic ring is 1. The van der Waals surface area contributed by atoms with Crippen molar-refractivity contribution in [2.45, 2.75) is 52.5 Å². The van der Waals surface area contributed by atoms with Gasteiger partial charge in [-0.05, 0) is 81.3 Å². The summed E-state index contributed by atoms with van der Waals surface area (Å²) in [6.07, 6.45) is 3.88. The summed E-state index contributed by atoms with van der Waals surface area (Å²) in [5.74, 6) is 0.775. The smallest absolute Gasteiger partial charge is 0.350 e. The first-order chi connectivity index (χ1) is 18.3. The number of nitrogens with two attached hydrogens (primary N) is 1. The van der Waals surface area contributed by atoms with E-state index >= 15 is 0 Å². The molecule has 2 heterocycles. The molecule has 0 bridgehead atoms. The Morgan fingerprint density at radius 1 is 1.08 bits per heavy atom. The average molecular weight is 532 g/mol. The number of fused-ring (bicyclic) bond motifs is 1. The van der Waals surface area contributed by atoms with Crippen molar-refractivity contribution in [3.63, 3.8) is 0 Å². The third kappa shape index (κ3) is 4.92. The summed E-state index contributed by atoms with van der Waals surface area (Å²) >= 11 is 1.34. The second-order valence-electron chi connectivity index (χ2n) is 10.4. The lowest BCUT2D eigenvalue weighted by Gasteiger charge is -2.33. The zero-order valence-electron chi connectivity index (χ0n) is 22.2. The second kappa shape index (κ2) is 10.6. The predicted octanol–water partition coefficient (Wildman–Crippen LogP) is 7.16. The molecule has 198 valence electrons. The number of rotatable bonds is 6. The molecular weight excluding hydrogens is 498 g/mol. The van der Waals surface area contributed by atoms with E-state index in [1.54, 1.807) is 11.0 Å². The van der Waals surface area contributed by atoms with Gasteiger partial charge in [0.2, 0.25) is 11.8 Å². The fourth-order valence-corrected chi connectivity index (χ4v) is 6.24. The number of methoxy groups -OCH3 is 1. The number of anilines is 2. The summed E-state index contributed by atoms with van der Waals surface area (Å²) in [7, 11) is 1.37. The summed E-state index contributed by atoms with van der Waals surface area (Å²) in [4.78, 5) is 34.2. The second-order valence-corrected chi connectivity index (χ2v) is 11.4. The van der Waals surface area contributed by atoms with Crippen molar-refractivity contribution >= 4 is 45.7 Å². The molecular formula is C30H33N3O4S. The maximum Gasteiger partial charge on any atom is 0.350 e. The average Bonchev–Trinajstić information content (AvgIpc) is 3.55. The largest absolute Gasteiger partial charge is 0.465 e. The zero-order chi connectivity index (χ0) is 27.0. The first kappa shape index (κ1) is 26.0. The van der Waals surface area contributed by atoms with Crippen molar-refractivity contribution in [2.75, 3.05) is 17.7 Å². The van der Waals surface area contributed by atoms with Crippen LogP contribution < -0.4 is 10.6 Å². The zero-order valence-corrected chi connectivity index (χ0v) is 23.0. The van der Waals surface area contributed by atoms with Gasteiger partial charge in [-0.15, -0.1) is 11.3 Å². The minimum absolute atomic E-state index is 0.0212. The molecule has 0 aliphatic heterocycles. The van der Waals surface area contributed by atoms with Crippen LogP contribution in [-0.2, 0) is 9.53 Å². The summed E-state index contributed by atoms with van der Waals surface area (Å²) in [6, 6.07) is 15.1. The fraction of sp³-hybridized carbons (Fsp3) is 0.367. The molecule has 2 aromatic carbocycles. The Labute approximate surface area is 226 Å². The maximum atomic E-state index is 13.7. The van der Waals surface area contributed by atoms with E-state index in [1.807, 2.05) is 56.3 Å². The van der Waals surface area contributed by atoms with Crippen LogP contribution in [0.3, 0.4) is 0 Å². The Morgan fingerprint density at radius 3 is 2.39 bits per heavy atom. The number of carbonyl (C=O) groups is 2. The molecule has 0 spiro atoms. The molecule has 0 saturated heterocycles. The van der Waals surface area contributed by atoms with E-state index in [1.165, 1.54) is 18.4 Å². The molecule has 5 rings (SSSR count). The van der Waals surface area contributed by atoms with Gasteiger partial charge in [0.15, 0.2) is 5.58 Å². The summed E-state index contributed by atoms with van der Waals surface area (Å²) < 4.78 is 11.0. The number of benzene rings is 2. The van der Waals surface area contributed by atoms with E-state index in [0.29, 0.717) is 39.2 Å². The first-order valence-electron chi connectivity index (χ1n) is 13.1. The van der Waals surface area contributed by atoms with Crippen molar-refractivity contribution < 1.29 is 18.7 Å². The van der Waals surface area contributed by atoms with E-state index in [9.17, 15) is 9.59 Å². The van der Waals surface area contributed by atoms with Crippen molar-refractivity contribution in [1.82, 2.24) is 4.98 Å².